The average Bonchev–Trinajstić information content (AvgIpc) is 2.62. The van der Waals surface area contributed by atoms with Gasteiger partial charge in [-0.1, -0.05) is 6.07 Å². The lowest BCUT2D eigenvalue weighted by atomic mass is 9.87. The van der Waals surface area contributed by atoms with Gasteiger partial charge in [0.05, 0.1) is 20.3 Å². The maximum absolute atomic E-state index is 11.9. The van der Waals surface area contributed by atoms with Gasteiger partial charge < -0.3 is 34.6 Å². The third-order valence-corrected chi connectivity index (χ3v) is 4.04. The Balaban J connectivity index is 2.01. The van der Waals surface area contributed by atoms with Gasteiger partial charge in [0.2, 0.25) is 0 Å². The molecule has 0 unspecified atom stereocenters. The second kappa shape index (κ2) is 8.30. The van der Waals surface area contributed by atoms with Crippen LogP contribution in [0.1, 0.15) is 12.0 Å². The van der Waals surface area contributed by atoms with E-state index in [-0.39, 0.29) is 6.42 Å². The van der Waals surface area contributed by atoms with Gasteiger partial charge in [-0.15, -0.1) is 0 Å². The molecule has 0 heterocycles. The van der Waals surface area contributed by atoms with Crippen molar-refractivity contribution in [2.24, 2.45) is 0 Å². The Morgan fingerprint density at radius 1 is 1.04 bits per heavy atom. The third-order valence-electron chi connectivity index (χ3n) is 4.04. The molecule has 0 aromatic heterocycles. The first kappa shape index (κ1) is 19.2. The number of carbonyl (C=O) groups excluding carboxylic acids is 1. The van der Waals surface area contributed by atoms with E-state index in [9.17, 15) is 25.2 Å². The molecule has 0 aliphatic heterocycles. The van der Waals surface area contributed by atoms with Crippen molar-refractivity contribution < 1.29 is 39.4 Å². The van der Waals surface area contributed by atoms with Crippen LogP contribution in [-0.4, -0.2) is 71.1 Å². The molecular formula is C17H22O8. The first-order chi connectivity index (χ1) is 11.9. The van der Waals surface area contributed by atoms with Gasteiger partial charge in [-0.2, -0.15) is 0 Å². The standard InChI is InChI=1S/C17H22O8/c1-23-11-5-3-9(7-12(11)24-2)4-6-14(19)25-13-8-10(18)15(20)17(22)16(13)21/h3-7,10,13,15-18,20-22H,8H2,1-2H3/b6-4+/t10-,13-,15+,16+,17-/m1/s1. The number of esters is 1. The van der Waals surface area contributed by atoms with Crippen molar-refractivity contribution in [3.63, 3.8) is 0 Å². The van der Waals surface area contributed by atoms with E-state index < -0.39 is 36.5 Å². The van der Waals surface area contributed by atoms with E-state index in [1.54, 1.807) is 18.2 Å². The van der Waals surface area contributed by atoms with Crippen molar-refractivity contribution in [3.8, 4) is 11.5 Å². The number of rotatable bonds is 5. The highest BCUT2D eigenvalue weighted by atomic mass is 16.6. The van der Waals surface area contributed by atoms with Crippen LogP contribution in [0, 0.1) is 0 Å². The zero-order valence-electron chi connectivity index (χ0n) is 13.9. The number of methoxy groups -OCH3 is 2. The maximum atomic E-state index is 11.9. The van der Waals surface area contributed by atoms with Crippen molar-refractivity contribution in [2.45, 2.75) is 36.9 Å². The summed E-state index contributed by atoms with van der Waals surface area (Å²) in [6, 6.07) is 5.06. The molecule has 2 rings (SSSR count). The molecule has 1 aliphatic rings. The number of ether oxygens (including phenoxy) is 3. The smallest absolute Gasteiger partial charge is 0.331 e. The first-order valence-corrected chi connectivity index (χ1v) is 7.70. The fourth-order valence-electron chi connectivity index (χ4n) is 2.59. The van der Waals surface area contributed by atoms with Crippen LogP contribution in [-0.2, 0) is 9.53 Å². The van der Waals surface area contributed by atoms with Crippen LogP contribution in [0.3, 0.4) is 0 Å². The summed E-state index contributed by atoms with van der Waals surface area (Å²) < 4.78 is 15.3. The number of benzene rings is 1. The van der Waals surface area contributed by atoms with Crippen LogP contribution in [0.4, 0.5) is 0 Å². The summed E-state index contributed by atoms with van der Waals surface area (Å²) in [5.74, 6) is 0.296. The molecule has 1 aromatic carbocycles. The minimum absolute atomic E-state index is 0.171. The van der Waals surface area contributed by atoms with Crippen LogP contribution in [0.5, 0.6) is 11.5 Å². The molecule has 1 fully saturated rings. The summed E-state index contributed by atoms with van der Waals surface area (Å²) in [4.78, 5) is 11.9. The predicted molar refractivity (Wildman–Crippen MR) is 87.1 cm³/mol. The van der Waals surface area contributed by atoms with Crippen LogP contribution < -0.4 is 9.47 Å². The van der Waals surface area contributed by atoms with Gasteiger partial charge in [0.25, 0.3) is 0 Å². The van der Waals surface area contributed by atoms with Crippen molar-refractivity contribution in [2.75, 3.05) is 14.2 Å². The number of carbonyl (C=O) groups is 1. The lowest BCUT2D eigenvalue weighted by molar-refractivity contribution is -0.193. The molecule has 0 amide bonds. The molecule has 4 N–H and O–H groups in total. The van der Waals surface area contributed by atoms with E-state index in [0.717, 1.165) is 6.08 Å². The number of hydrogen-bond acceptors (Lipinski definition) is 8. The van der Waals surface area contributed by atoms with E-state index in [0.29, 0.717) is 17.1 Å². The van der Waals surface area contributed by atoms with E-state index in [1.807, 2.05) is 0 Å². The van der Waals surface area contributed by atoms with Gasteiger partial charge in [-0.3, -0.25) is 0 Å². The molecule has 8 heteroatoms. The highest BCUT2D eigenvalue weighted by Crippen LogP contribution is 2.28. The monoisotopic (exact) mass is 354 g/mol. The van der Waals surface area contributed by atoms with Crippen molar-refractivity contribution in [1.29, 1.82) is 0 Å². The number of aliphatic hydroxyl groups is 4. The van der Waals surface area contributed by atoms with Crippen LogP contribution in [0.25, 0.3) is 6.08 Å². The summed E-state index contributed by atoms with van der Waals surface area (Å²) in [6.07, 6.45) is -4.48. The Morgan fingerprint density at radius 2 is 1.72 bits per heavy atom. The molecule has 0 spiro atoms. The van der Waals surface area contributed by atoms with Crippen LogP contribution in [0.15, 0.2) is 24.3 Å². The topological polar surface area (TPSA) is 126 Å². The minimum atomic E-state index is -1.59. The predicted octanol–water partition coefficient (Wildman–Crippen LogP) is -0.524. The summed E-state index contributed by atoms with van der Waals surface area (Å²) in [5, 5.41) is 38.5. The Morgan fingerprint density at radius 3 is 2.36 bits per heavy atom. The Hall–Kier alpha value is -2.13. The zero-order valence-corrected chi connectivity index (χ0v) is 13.9. The molecule has 25 heavy (non-hydrogen) atoms. The quantitative estimate of drug-likeness (QED) is 0.411. The molecule has 0 saturated heterocycles. The molecule has 0 radical (unpaired) electrons. The third kappa shape index (κ3) is 4.49. The Labute approximate surface area is 144 Å². The summed E-state index contributed by atoms with van der Waals surface area (Å²) in [7, 11) is 3.01. The van der Waals surface area contributed by atoms with Crippen molar-refractivity contribution >= 4 is 12.0 Å². The van der Waals surface area contributed by atoms with Crippen molar-refractivity contribution in [3.05, 3.63) is 29.8 Å². The average molecular weight is 354 g/mol. The van der Waals surface area contributed by atoms with Gasteiger partial charge in [0.15, 0.2) is 11.5 Å². The van der Waals surface area contributed by atoms with Gasteiger partial charge in [-0.25, -0.2) is 4.79 Å². The highest BCUT2D eigenvalue weighted by Gasteiger charge is 2.43. The molecule has 1 aliphatic carbocycles. The fraction of sp³-hybridized carbons (Fsp3) is 0.471. The Kier molecular flexibility index (Phi) is 6.38. The van der Waals surface area contributed by atoms with Crippen LogP contribution >= 0.6 is 0 Å². The van der Waals surface area contributed by atoms with Crippen molar-refractivity contribution in [1.82, 2.24) is 0 Å². The summed E-state index contributed by atoms with van der Waals surface area (Å²) in [5.41, 5.74) is 0.661. The highest BCUT2D eigenvalue weighted by molar-refractivity contribution is 5.87. The van der Waals surface area contributed by atoms with E-state index >= 15 is 0 Å². The SMILES string of the molecule is COc1ccc(/C=C/C(=O)O[C@@H]2C[C@@H](O)[C@H](O)[C@@H](O)[C@H]2O)cc1OC. The largest absolute Gasteiger partial charge is 0.493 e. The van der Waals surface area contributed by atoms with Gasteiger partial charge in [0, 0.05) is 12.5 Å². The van der Waals surface area contributed by atoms with E-state index in [2.05, 4.69) is 0 Å². The second-order valence-corrected chi connectivity index (χ2v) is 5.70. The van der Waals surface area contributed by atoms with E-state index in [4.69, 9.17) is 14.2 Å². The molecule has 138 valence electrons. The van der Waals surface area contributed by atoms with Gasteiger partial charge in [0.1, 0.15) is 24.4 Å². The molecule has 8 nitrogen and oxygen atoms in total. The summed E-state index contributed by atoms with van der Waals surface area (Å²) in [6.45, 7) is 0. The first-order valence-electron chi connectivity index (χ1n) is 7.70. The number of aliphatic hydroxyl groups excluding tert-OH is 4. The number of hydrogen-bond donors (Lipinski definition) is 4. The second-order valence-electron chi connectivity index (χ2n) is 5.70. The molecule has 5 atom stereocenters. The molecule has 1 saturated carbocycles. The minimum Gasteiger partial charge on any atom is -0.493 e. The van der Waals surface area contributed by atoms with Gasteiger partial charge in [-0.05, 0) is 23.8 Å². The fourth-order valence-corrected chi connectivity index (χ4v) is 2.59. The molecular weight excluding hydrogens is 332 g/mol. The summed E-state index contributed by atoms with van der Waals surface area (Å²) >= 11 is 0. The lowest BCUT2D eigenvalue weighted by Crippen LogP contribution is -2.56. The molecule has 1 aromatic rings. The lowest BCUT2D eigenvalue weighted by Gasteiger charge is -2.37. The zero-order chi connectivity index (χ0) is 18.6. The molecule has 0 bridgehead atoms. The van der Waals surface area contributed by atoms with Crippen LogP contribution in [0.2, 0.25) is 0 Å². The maximum Gasteiger partial charge on any atom is 0.331 e. The normalized spacial score (nSPS) is 29.4. The van der Waals surface area contributed by atoms with Gasteiger partial charge >= 0.3 is 5.97 Å². The Bertz CT molecular complexity index is 629. The van der Waals surface area contributed by atoms with E-state index in [1.165, 1.54) is 20.3 Å².